The molecule has 14 heteroatoms. The van der Waals surface area contributed by atoms with E-state index in [4.69, 9.17) is 29.3 Å². The van der Waals surface area contributed by atoms with Crippen molar-refractivity contribution in [2.24, 2.45) is 0 Å². The molecule has 266 valence electrons. The molecule has 0 fully saturated rings. The highest BCUT2D eigenvalue weighted by Gasteiger charge is 2.19. The van der Waals surface area contributed by atoms with Crippen LogP contribution in [0.2, 0.25) is 0 Å². The third-order valence-electron chi connectivity index (χ3n) is 7.77. The first-order valence-electron chi connectivity index (χ1n) is 16.8. The predicted octanol–water partition coefficient (Wildman–Crippen LogP) is 3.68. The number of hydrogen-bond acceptors (Lipinski definition) is 12. The molecule has 2 aromatic heterocycles. The topological polar surface area (TPSA) is 193 Å². The molecular weight excluding hydrogens is 640 g/mol. The number of nitrogens with one attached hydrogen (secondary N) is 4. The maximum Gasteiger partial charge on any atom is 0.414 e. The van der Waals surface area contributed by atoms with Crippen molar-refractivity contribution in [2.75, 3.05) is 49.9 Å². The summed E-state index contributed by atoms with van der Waals surface area (Å²) >= 11 is 0. The summed E-state index contributed by atoms with van der Waals surface area (Å²) in [7, 11) is 0. The van der Waals surface area contributed by atoms with Crippen LogP contribution in [0.4, 0.5) is 11.6 Å². The fraction of sp³-hybridized carbons (Fsp3) is 0.389. The normalized spacial score (nSPS) is 15.5. The van der Waals surface area contributed by atoms with Crippen LogP contribution in [0.1, 0.15) is 36.8 Å². The van der Waals surface area contributed by atoms with Crippen molar-refractivity contribution >= 4 is 23.6 Å². The maximum atomic E-state index is 9.10. The Morgan fingerprint density at radius 2 is 1.08 bits per heavy atom. The molecule has 2 aliphatic heterocycles. The molecule has 2 atom stereocenters. The molecule has 0 aliphatic carbocycles. The molecule has 6 rings (SSSR count). The Bertz CT molecular complexity index is 1450. The summed E-state index contributed by atoms with van der Waals surface area (Å²) in [6, 6.07) is 20.4. The van der Waals surface area contributed by atoms with Crippen LogP contribution in [0.5, 0.6) is 11.5 Å². The molecule has 14 nitrogen and oxygen atoms in total. The zero-order chi connectivity index (χ0) is 35.2. The van der Waals surface area contributed by atoms with Crippen LogP contribution in [0.15, 0.2) is 85.7 Å². The minimum Gasteiger partial charge on any atom is -0.489 e. The first-order chi connectivity index (χ1) is 24.5. The van der Waals surface area contributed by atoms with E-state index in [1.807, 2.05) is 24.3 Å². The molecule has 0 amide bonds. The highest BCUT2D eigenvalue weighted by molar-refractivity contribution is 6.27. The second-order valence-corrected chi connectivity index (χ2v) is 11.5. The molecule has 0 radical (unpaired) electrons. The smallest absolute Gasteiger partial charge is 0.414 e. The lowest BCUT2D eigenvalue weighted by Gasteiger charge is -2.26. The number of rotatable bonds is 14. The average Bonchev–Trinajstić information content (AvgIpc) is 3.15. The fourth-order valence-electron chi connectivity index (χ4n) is 5.22. The van der Waals surface area contributed by atoms with Crippen molar-refractivity contribution in [2.45, 2.75) is 50.7 Å². The second kappa shape index (κ2) is 21.6. The van der Waals surface area contributed by atoms with E-state index in [1.165, 1.54) is 11.1 Å². The van der Waals surface area contributed by atoms with Gasteiger partial charge in [-0.2, -0.15) is 0 Å². The van der Waals surface area contributed by atoms with E-state index in [-0.39, 0.29) is 12.2 Å². The van der Waals surface area contributed by atoms with Crippen molar-refractivity contribution in [3.8, 4) is 11.5 Å². The molecule has 6 N–H and O–H groups in total. The Hall–Kier alpha value is -5.34. The molecule has 0 saturated heterocycles. The first kappa shape index (κ1) is 37.5. The van der Waals surface area contributed by atoms with Gasteiger partial charge in [0.05, 0.1) is 0 Å². The van der Waals surface area contributed by atoms with E-state index in [9.17, 15) is 0 Å². The molecule has 0 spiro atoms. The van der Waals surface area contributed by atoms with Crippen molar-refractivity contribution in [3.05, 3.63) is 96.8 Å². The van der Waals surface area contributed by atoms with Gasteiger partial charge >= 0.3 is 11.9 Å². The van der Waals surface area contributed by atoms with E-state index in [1.54, 1.807) is 25.0 Å². The number of nitrogens with zero attached hydrogens (tertiary/aromatic N) is 4. The number of hydrogen-bond donors (Lipinski definition) is 6. The summed E-state index contributed by atoms with van der Waals surface area (Å²) in [4.78, 5) is 34.2. The van der Waals surface area contributed by atoms with Crippen LogP contribution in [-0.2, 0) is 22.4 Å². The van der Waals surface area contributed by atoms with Gasteiger partial charge in [0.1, 0.15) is 48.0 Å². The number of fused-ring (bicyclic) bond motifs is 2. The number of carboxylic acids is 2. The summed E-state index contributed by atoms with van der Waals surface area (Å²) in [6.45, 7) is 5.56. The lowest BCUT2D eigenvalue weighted by atomic mass is 10.0. The number of aromatic nitrogens is 4. The van der Waals surface area contributed by atoms with Crippen molar-refractivity contribution < 1.29 is 29.3 Å². The van der Waals surface area contributed by atoms with E-state index >= 15 is 0 Å². The van der Waals surface area contributed by atoms with Gasteiger partial charge in [-0.1, -0.05) is 36.4 Å². The summed E-state index contributed by atoms with van der Waals surface area (Å²) < 4.78 is 12.0. The van der Waals surface area contributed by atoms with Gasteiger partial charge in [0, 0.05) is 38.6 Å². The zero-order valence-electron chi connectivity index (χ0n) is 28.0. The molecule has 50 heavy (non-hydrogen) atoms. The van der Waals surface area contributed by atoms with Crippen molar-refractivity contribution in [3.63, 3.8) is 0 Å². The van der Waals surface area contributed by atoms with Crippen molar-refractivity contribution in [1.82, 2.24) is 30.6 Å². The minimum absolute atomic E-state index is 0.282. The van der Waals surface area contributed by atoms with Crippen LogP contribution < -0.4 is 30.7 Å². The number of para-hydroxylation sites is 2. The van der Waals surface area contributed by atoms with Gasteiger partial charge in [0.15, 0.2) is 0 Å². The van der Waals surface area contributed by atoms with E-state index in [0.29, 0.717) is 0 Å². The SMILES string of the molecule is O=C(O)C(=O)O.c1ccc2c(c1)CCC(CNCCCNc1ccncn1)O2.c1ccc2c(c1)CCC(CNCCCNc1ccncn1)O2. The highest BCUT2D eigenvalue weighted by atomic mass is 16.5. The van der Waals surface area contributed by atoms with Crippen LogP contribution >= 0.6 is 0 Å². The molecule has 2 aromatic carbocycles. The maximum absolute atomic E-state index is 9.10. The van der Waals surface area contributed by atoms with Crippen molar-refractivity contribution in [1.29, 1.82) is 0 Å². The molecular formula is C36H46N8O6. The zero-order valence-corrected chi connectivity index (χ0v) is 28.0. The molecule has 2 aliphatic rings. The monoisotopic (exact) mass is 686 g/mol. The highest BCUT2D eigenvalue weighted by Crippen LogP contribution is 2.27. The van der Waals surface area contributed by atoms with Crippen LogP contribution in [0.25, 0.3) is 0 Å². The van der Waals surface area contributed by atoms with Gasteiger partial charge in [-0.05, 0) is 87.0 Å². The Morgan fingerprint density at radius 3 is 1.48 bits per heavy atom. The number of aryl methyl sites for hydroxylation is 2. The molecule has 0 bridgehead atoms. The van der Waals surface area contributed by atoms with Gasteiger partial charge in [0.25, 0.3) is 0 Å². The molecule has 2 unspecified atom stereocenters. The van der Waals surface area contributed by atoms with E-state index < -0.39 is 11.9 Å². The number of carbonyl (C=O) groups is 2. The van der Waals surface area contributed by atoms with Gasteiger partial charge < -0.3 is 41.0 Å². The lowest BCUT2D eigenvalue weighted by Crippen LogP contribution is -2.35. The van der Waals surface area contributed by atoms with Gasteiger partial charge in [-0.3, -0.25) is 0 Å². The van der Waals surface area contributed by atoms with Gasteiger partial charge in [-0.15, -0.1) is 0 Å². The lowest BCUT2D eigenvalue weighted by molar-refractivity contribution is -0.159. The second-order valence-electron chi connectivity index (χ2n) is 11.5. The minimum atomic E-state index is -1.82. The number of anilines is 2. The number of benzene rings is 2. The molecule has 0 saturated carbocycles. The Kier molecular flexibility index (Phi) is 16.2. The van der Waals surface area contributed by atoms with Gasteiger partial charge in [0.2, 0.25) is 0 Å². The van der Waals surface area contributed by atoms with Gasteiger partial charge in [-0.25, -0.2) is 29.5 Å². The third-order valence-corrected chi connectivity index (χ3v) is 7.77. The van der Waals surface area contributed by atoms with Crippen LogP contribution in [0.3, 0.4) is 0 Å². The van der Waals surface area contributed by atoms with E-state index in [0.717, 1.165) is 101 Å². The number of aliphatic carboxylic acids is 2. The Balaban J connectivity index is 0.000000194. The summed E-state index contributed by atoms with van der Waals surface area (Å²) in [6.07, 6.45) is 13.6. The Morgan fingerprint density at radius 1 is 0.640 bits per heavy atom. The van der Waals surface area contributed by atoms with Crippen LogP contribution in [-0.4, -0.2) is 93.6 Å². The summed E-state index contributed by atoms with van der Waals surface area (Å²) in [5.74, 6) is 0.200. The summed E-state index contributed by atoms with van der Waals surface area (Å²) in [5, 5.41) is 28.3. The number of carboxylic acid groups (broad SMARTS) is 2. The number of ether oxygens (including phenoxy) is 2. The summed E-state index contributed by atoms with van der Waals surface area (Å²) in [5.41, 5.74) is 2.65. The standard InChI is InChI=1S/2C17H22N4O.C2H2O4/c2*1-2-5-16-14(4-1)6-7-15(22-16)12-18-9-3-10-20-17-8-11-19-13-21-17;3-1(4)2(5)6/h2*1-2,4-5,8,11,13,15,18H,3,6-7,9-10,12H2,(H,19,20,21);(H,3,4)(H,5,6). The molecule has 4 aromatic rings. The average molecular weight is 687 g/mol. The third kappa shape index (κ3) is 14.0. The quantitative estimate of drug-likeness (QED) is 0.0831. The first-order valence-corrected chi connectivity index (χ1v) is 16.8. The largest absolute Gasteiger partial charge is 0.489 e. The van der Waals surface area contributed by atoms with E-state index in [2.05, 4.69) is 77.6 Å². The van der Waals surface area contributed by atoms with Crippen LogP contribution in [0, 0.1) is 0 Å². The predicted molar refractivity (Wildman–Crippen MR) is 190 cm³/mol. The Labute approximate surface area is 292 Å². The fourth-order valence-corrected chi connectivity index (χ4v) is 5.22. The molecule has 4 heterocycles.